The molecule has 0 saturated heterocycles. The molecule has 1 aromatic heterocycles. The molecule has 0 aromatic carbocycles. The number of guanidine groups is 1. The van der Waals surface area contributed by atoms with E-state index in [1.54, 1.807) is 0 Å². The first-order valence-electron chi connectivity index (χ1n) is 28.3. The van der Waals surface area contributed by atoms with Gasteiger partial charge in [-0.05, 0) is 75.7 Å². The number of H-pyrrole nitrogens is 1. The van der Waals surface area contributed by atoms with Crippen molar-refractivity contribution in [2.75, 3.05) is 19.6 Å². The fraction of sp³-hybridized carbons (Fsp3) is 0.736. The Bertz CT molecular complexity index is 2180. The van der Waals surface area contributed by atoms with Crippen LogP contribution in [0, 0.1) is 17.8 Å². The van der Waals surface area contributed by atoms with E-state index in [0.29, 0.717) is 18.5 Å². The topological polar surface area (TPSA) is 426 Å². The Morgan fingerprint density at radius 2 is 1.04 bits per heavy atom. The smallest absolute Gasteiger partial charge is 0.326 e. The number of nitrogens with zero attached hydrogens (tertiary/aromatic N) is 2. The molecule has 3 fully saturated rings. The molecule has 79 heavy (non-hydrogen) atoms. The lowest BCUT2D eigenvalue weighted by Gasteiger charge is -2.32. The van der Waals surface area contributed by atoms with E-state index < -0.39 is 114 Å². The average molecular weight is 1110 g/mol. The Morgan fingerprint density at radius 1 is 0.582 bits per heavy atom. The molecule has 0 unspecified atom stereocenters. The number of amides is 8. The maximum Gasteiger partial charge on any atom is 0.326 e. The third kappa shape index (κ3) is 24.8. The van der Waals surface area contributed by atoms with Crippen LogP contribution >= 0.6 is 0 Å². The van der Waals surface area contributed by atoms with Gasteiger partial charge in [0.2, 0.25) is 47.3 Å². The normalized spacial score (nSPS) is 17.8. The molecule has 3 saturated carbocycles. The molecule has 26 heteroatoms. The number of rotatable bonds is 34. The zero-order valence-electron chi connectivity index (χ0n) is 45.8. The lowest BCUT2D eigenvalue weighted by molar-refractivity contribution is -0.142. The number of carbonyl (C=O) groups excluding carboxylic acids is 8. The lowest BCUT2D eigenvalue weighted by Crippen LogP contribution is -2.60. The van der Waals surface area contributed by atoms with Crippen molar-refractivity contribution in [1.29, 1.82) is 0 Å². The summed E-state index contributed by atoms with van der Waals surface area (Å²) in [6, 6.07) is -9.08. The quantitative estimate of drug-likeness (QED) is 0.0248. The minimum atomic E-state index is -1.73. The zero-order chi connectivity index (χ0) is 57.7. The molecule has 1 heterocycles. The average Bonchev–Trinajstić information content (AvgIpc) is 3.93. The number of nitrogens with one attached hydrogen (secondary N) is 9. The van der Waals surface area contributed by atoms with Crippen LogP contribution in [0.4, 0.5) is 0 Å². The van der Waals surface area contributed by atoms with Crippen LogP contribution in [0.15, 0.2) is 17.5 Å². The molecule has 3 aliphatic carbocycles. The number of carboxylic acid groups (broad SMARTS) is 2. The van der Waals surface area contributed by atoms with E-state index in [9.17, 15) is 58.2 Å². The molecule has 0 spiro atoms. The summed E-state index contributed by atoms with van der Waals surface area (Å²) >= 11 is 0. The van der Waals surface area contributed by atoms with Crippen molar-refractivity contribution in [2.24, 2.45) is 39.9 Å². The van der Waals surface area contributed by atoms with Crippen LogP contribution in [-0.4, -0.2) is 147 Å². The van der Waals surface area contributed by atoms with Gasteiger partial charge < -0.3 is 74.9 Å². The highest BCUT2D eigenvalue weighted by molar-refractivity contribution is 5.98. The van der Waals surface area contributed by atoms with Gasteiger partial charge in [-0.25, -0.2) is 9.78 Å². The van der Waals surface area contributed by atoms with E-state index in [1.165, 1.54) is 19.4 Å². The summed E-state index contributed by atoms with van der Waals surface area (Å²) in [6.07, 6.45) is 16.9. The fourth-order valence-corrected chi connectivity index (χ4v) is 10.8. The second kappa shape index (κ2) is 34.9. The summed E-state index contributed by atoms with van der Waals surface area (Å²) in [5, 5.41) is 41.0. The third-order valence-electron chi connectivity index (χ3n) is 15.0. The summed E-state index contributed by atoms with van der Waals surface area (Å²) in [7, 11) is 0. The van der Waals surface area contributed by atoms with E-state index >= 15 is 0 Å². The fourth-order valence-electron chi connectivity index (χ4n) is 10.8. The first-order valence-corrected chi connectivity index (χ1v) is 28.3. The number of aromatic nitrogens is 2. The highest BCUT2D eigenvalue weighted by Gasteiger charge is 2.37. The number of aromatic amines is 1. The van der Waals surface area contributed by atoms with Crippen LogP contribution in [0.2, 0.25) is 0 Å². The predicted molar refractivity (Wildman–Crippen MR) is 291 cm³/mol. The van der Waals surface area contributed by atoms with Crippen LogP contribution in [0.1, 0.15) is 167 Å². The molecule has 442 valence electrons. The Balaban J connectivity index is 1.57. The molecule has 0 aliphatic heterocycles. The van der Waals surface area contributed by atoms with Gasteiger partial charge in [0.15, 0.2) is 5.96 Å². The Labute approximate surface area is 462 Å². The van der Waals surface area contributed by atoms with Gasteiger partial charge in [0.1, 0.15) is 42.3 Å². The second-order valence-corrected chi connectivity index (χ2v) is 21.6. The molecular formula is C53H88N14O12. The lowest BCUT2D eigenvalue weighted by atomic mass is 9.83. The van der Waals surface area contributed by atoms with Gasteiger partial charge in [-0.2, -0.15) is 0 Å². The number of hydrogen-bond acceptors (Lipinski definition) is 13. The molecule has 0 bridgehead atoms. The minimum absolute atomic E-state index is 0.000292. The number of aliphatic imine (C=N–C) groups is 1. The van der Waals surface area contributed by atoms with Crippen molar-refractivity contribution >= 4 is 65.2 Å². The maximum absolute atomic E-state index is 14.8. The SMILES string of the molecule is CC(=O)N[C@@H](Cc1cnc[nH]1)C(=O)N[C@@H](CCCCN)C(=O)N[C@@H](CC(=O)O)C(=O)N[C@@H](CC1CCCCC1)C(=O)N[C@@H](CC1CCCCC1)C(=O)N[C@@H](CC1CCCCC1)C(=O)NCC(=O)N[C@@H](CCCN=C(N)N)C(=O)O. The number of carbonyl (C=O) groups is 10. The van der Waals surface area contributed by atoms with Crippen LogP contribution in [0.5, 0.6) is 0 Å². The molecule has 26 nitrogen and oxygen atoms in total. The number of carboxylic acids is 2. The van der Waals surface area contributed by atoms with E-state index in [4.69, 9.17) is 17.2 Å². The molecule has 1 aromatic rings. The highest BCUT2D eigenvalue weighted by Crippen LogP contribution is 2.30. The van der Waals surface area contributed by atoms with Crippen LogP contribution in [0.3, 0.4) is 0 Å². The molecule has 4 rings (SSSR count). The van der Waals surface area contributed by atoms with Gasteiger partial charge in [-0.1, -0.05) is 96.3 Å². The summed E-state index contributed by atoms with van der Waals surface area (Å²) in [5.41, 5.74) is 17.0. The molecule has 7 atom stereocenters. The molecule has 3 aliphatic rings. The van der Waals surface area contributed by atoms with Gasteiger partial charge in [0.05, 0.1) is 19.3 Å². The number of nitrogens with two attached hydrogens (primary N) is 3. The first kappa shape index (κ1) is 64.7. The van der Waals surface area contributed by atoms with Crippen molar-refractivity contribution in [3.05, 3.63) is 18.2 Å². The summed E-state index contributed by atoms with van der Waals surface area (Å²) in [6.45, 7) is 1.06. The van der Waals surface area contributed by atoms with E-state index in [0.717, 1.165) is 96.3 Å². The standard InChI is InChI=1S/C53H88N14O12/c1-32(68)61-42(27-36-29-57-31-60-36)50(76)63-37(20-11-12-22-54)47(73)67-43(28-45(70)71)51(77)66-41(26-35-18-9-4-10-19-35)49(75)65-40(25-34-16-7-3-8-17-34)48(74)64-39(24-33-14-5-2-6-15-33)46(72)59-30-44(69)62-38(52(78)79)21-13-23-58-53(55)56/h29,31,33-35,37-43H,2-28,30,54H2,1H3,(H,57,60)(H,59,72)(H,61,68)(H,62,69)(H,63,76)(H,64,74)(H,65,75)(H,66,77)(H,67,73)(H,70,71)(H,78,79)(H4,55,56,58)/t37-,38-,39-,40-,41-,42-,43-/m0/s1. The van der Waals surface area contributed by atoms with Gasteiger partial charge in [-0.15, -0.1) is 0 Å². The van der Waals surface area contributed by atoms with Crippen LogP contribution in [0.25, 0.3) is 0 Å². The summed E-state index contributed by atoms with van der Waals surface area (Å²) in [5.74, 6) is -8.77. The van der Waals surface area contributed by atoms with E-state index in [2.05, 4.69) is 57.5 Å². The van der Waals surface area contributed by atoms with Crippen molar-refractivity contribution < 1.29 is 58.2 Å². The third-order valence-corrected chi connectivity index (χ3v) is 15.0. The second-order valence-electron chi connectivity index (χ2n) is 21.6. The van der Waals surface area contributed by atoms with Crippen molar-refractivity contribution in [2.45, 2.75) is 210 Å². The number of hydrogen-bond donors (Lipinski definition) is 14. The van der Waals surface area contributed by atoms with Gasteiger partial charge >= 0.3 is 11.9 Å². The van der Waals surface area contributed by atoms with E-state index in [1.807, 2.05) is 0 Å². The molecule has 8 amide bonds. The maximum atomic E-state index is 14.8. The van der Waals surface area contributed by atoms with Gasteiger partial charge in [0, 0.05) is 31.8 Å². The molecule has 17 N–H and O–H groups in total. The summed E-state index contributed by atoms with van der Waals surface area (Å²) in [4.78, 5) is 146. The number of aliphatic carboxylic acids is 2. The van der Waals surface area contributed by atoms with Crippen molar-refractivity contribution in [3.63, 3.8) is 0 Å². The largest absolute Gasteiger partial charge is 0.481 e. The Morgan fingerprint density at radius 3 is 1.49 bits per heavy atom. The minimum Gasteiger partial charge on any atom is -0.481 e. The van der Waals surface area contributed by atoms with Crippen molar-refractivity contribution in [3.8, 4) is 0 Å². The predicted octanol–water partition coefficient (Wildman–Crippen LogP) is 0.135. The monoisotopic (exact) mass is 1110 g/mol. The Kier molecular flexibility index (Phi) is 28.6. The van der Waals surface area contributed by atoms with Gasteiger partial charge in [-0.3, -0.25) is 48.1 Å². The van der Waals surface area contributed by atoms with E-state index in [-0.39, 0.29) is 81.7 Å². The van der Waals surface area contributed by atoms with Gasteiger partial charge in [0.25, 0.3) is 0 Å². The van der Waals surface area contributed by atoms with Crippen LogP contribution in [-0.2, 0) is 54.4 Å². The molecular weight excluding hydrogens is 1020 g/mol. The Hall–Kier alpha value is -6.86. The van der Waals surface area contributed by atoms with Crippen LogP contribution < -0.4 is 59.7 Å². The number of imidazole rings is 1. The first-order chi connectivity index (χ1) is 37.8. The highest BCUT2D eigenvalue weighted by atomic mass is 16.4. The molecule has 0 radical (unpaired) electrons. The zero-order valence-corrected chi connectivity index (χ0v) is 45.8. The van der Waals surface area contributed by atoms with Crippen molar-refractivity contribution in [1.82, 2.24) is 52.5 Å². The number of unbranched alkanes of at least 4 members (excludes halogenated alkanes) is 1. The summed E-state index contributed by atoms with van der Waals surface area (Å²) < 4.78 is 0.